The molecule has 7 nitrogen and oxygen atoms in total. The number of piperidine rings is 1. The lowest BCUT2D eigenvalue weighted by atomic mass is 10.1. The molecule has 0 amide bonds. The van der Waals surface area contributed by atoms with Crippen molar-refractivity contribution in [3.63, 3.8) is 0 Å². The first kappa shape index (κ1) is 19.2. The first-order chi connectivity index (χ1) is 13.2. The molecule has 0 unspecified atom stereocenters. The van der Waals surface area contributed by atoms with Crippen molar-refractivity contribution in [1.82, 2.24) is 20.8 Å². The Labute approximate surface area is 161 Å². The van der Waals surface area contributed by atoms with Crippen LogP contribution in [-0.2, 0) is 13.0 Å². The summed E-state index contributed by atoms with van der Waals surface area (Å²) in [6, 6.07) is 6.61. The average molecular weight is 371 g/mol. The molecule has 0 saturated carbocycles. The first-order valence-corrected chi connectivity index (χ1v) is 9.84. The predicted molar refractivity (Wildman–Crippen MR) is 108 cm³/mol. The molecule has 146 valence electrons. The van der Waals surface area contributed by atoms with Crippen LogP contribution in [0.1, 0.15) is 43.7 Å². The Kier molecular flexibility index (Phi) is 6.68. The summed E-state index contributed by atoms with van der Waals surface area (Å²) >= 11 is 0. The highest BCUT2D eigenvalue weighted by atomic mass is 16.5. The summed E-state index contributed by atoms with van der Waals surface area (Å²) in [6.45, 7) is 9.52. The molecule has 2 aromatic rings. The van der Waals surface area contributed by atoms with Gasteiger partial charge in [0.2, 0.25) is 0 Å². The molecular formula is C20H30N6O. The SMILES string of the molecule is CCNC(=NCc1cc(CC)no1)NC1CCN(c2ccc(C)cn2)CC1. The van der Waals surface area contributed by atoms with Gasteiger partial charge in [-0.3, -0.25) is 0 Å². The van der Waals surface area contributed by atoms with E-state index in [1.807, 2.05) is 12.3 Å². The van der Waals surface area contributed by atoms with E-state index in [1.54, 1.807) is 0 Å². The van der Waals surface area contributed by atoms with Gasteiger partial charge in [0.1, 0.15) is 12.4 Å². The Balaban J connectivity index is 1.52. The zero-order valence-corrected chi connectivity index (χ0v) is 16.5. The fourth-order valence-electron chi connectivity index (χ4n) is 3.17. The second kappa shape index (κ2) is 9.39. The van der Waals surface area contributed by atoms with Crippen LogP contribution in [0.3, 0.4) is 0 Å². The second-order valence-electron chi connectivity index (χ2n) is 6.93. The molecule has 0 atom stereocenters. The molecule has 1 saturated heterocycles. The lowest BCUT2D eigenvalue weighted by Gasteiger charge is -2.33. The Morgan fingerprint density at radius 1 is 1.30 bits per heavy atom. The maximum atomic E-state index is 5.32. The molecule has 3 heterocycles. The molecule has 0 aliphatic carbocycles. The topological polar surface area (TPSA) is 78.6 Å². The van der Waals surface area contributed by atoms with E-state index in [1.165, 1.54) is 5.56 Å². The van der Waals surface area contributed by atoms with Crippen molar-refractivity contribution in [2.75, 3.05) is 24.5 Å². The van der Waals surface area contributed by atoms with Crippen molar-refractivity contribution < 1.29 is 4.52 Å². The molecule has 2 aromatic heterocycles. The lowest BCUT2D eigenvalue weighted by molar-refractivity contribution is 0.379. The summed E-state index contributed by atoms with van der Waals surface area (Å²) in [6.07, 6.45) is 4.92. The average Bonchev–Trinajstić information content (AvgIpc) is 3.16. The zero-order chi connectivity index (χ0) is 19.1. The Morgan fingerprint density at radius 3 is 2.74 bits per heavy atom. The van der Waals surface area contributed by atoms with Crippen LogP contribution in [-0.4, -0.2) is 41.8 Å². The largest absolute Gasteiger partial charge is 0.359 e. The molecule has 1 fully saturated rings. The lowest BCUT2D eigenvalue weighted by Crippen LogP contribution is -2.48. The van der Waals surface area contributed by atoms with Gasteiger partial charge in [-0.15, -0.1) is 0 Å². The number of aromatic nitrogens is 2. The van der Waals surface area contributed by atoms with E-state index < -0.39 is 0 Å². The van der Waals surface area contributed by atoms with Gasteiger partial charge in [0, 0.05) is 37.9 Å². The fraction of sp³-hybridized carbons (Fsp3) is 0.550. The minimum Gasteiger partial charge on any atom is -0.359 e. The van der Waals surface area contributed by atoms with Gasteiger partial charge < -0.3 is 20.1 Å². The Morgan fingerprint density at radius 2 is 2.11 bits per heavy atom. The van der Waals surface area contributed by atoms with Crippen molar-refractivity contribution in [3.05, 3.63) is 41.4 Å². The maximum absolute atomic E-state index is 5.32. The summed E-state index contributed by atoms with van der Waals surface area (Å²) in [5.41, 5.74) is 2.16. The second-order valence-corrected chi connectivity index (χ2v) is 6.93. The minimum atomic E-state index is 0.408. The maximum Gasteiger partial charge on any atom is 0.191 e. The Hall–Kier alpha value is -2.57. The fourth-order valence-corrected chi connectivity index (χ4v) is 3.17. The van der Waals surface area contributed by atoms with E-state index >= 15 is 0 Å². The van der Waals surface area contributed by atoms with Crippen LogP contribution in [0.2, 0.25) is 0 Å². The number of hydrogen-bond donors (Lipinski definition) is 2. The number of hydrogen-bond acceptors (Lipinski definition) is 5. The standard InChI is InChI=1S/C20H30N6O/c1-4-16-12-18(27-25-16)14-23-20(21-5-2)24-17-8-10-26(11-9-17)19-7-6-15(3)13-22-19/h6-7,12-13,17H,4-5,8-11,14H2,1-3H3,(H2,21,23,24). The third-order valence-electron chi connectivity index (χ3n) is 4.76. The van der Waals surface area contributed by atoms with Crippen LogP contribution in [0.25, 0.3) is 0 Å². The van der Waals surface area contributed by atoms with Crippen LogP contribution in [0.4, 0.5) is 5.82 Å². The molecule has 0 spiro atoms. The summed E-state index contributed by atoms with van der Waals surface area (Å²) in [5, 5.41) is 10.9. The molecule has 27 heavy (non-hydrogen) atoms. The Bertz CT molecular complexity index is 731. The van der Waals surface area contributed by atoms with Gasteiger partial charge in [-0.2, -0.15) is 0 Å². The van der Waals surface area contributed by atoms with E-state index in [4.69, 9.17) is 4.52 Å². The van der Waals surface area contributed by atoms with Crippen molar-refractivity contribution in [1.29, 1.82) is 0 Å². The molecule has 0 bridgehead atoms. The number of anilines is 1. The highest BCUT2D eigenvalue weighted by Gasteiger charge is 2.20. The molecule has 3 rings (SSSR count). The highest BCUT2D eigenvalue weighted by molar-refractivity contribution is 5.80. The van der Waals surface area contributed by atoms with Crippen LogP contribution < -0.4 is 15.5 Å². The van der Waals surface area contributed by atoms with Gasteiger partial charge in [-0.05, 0) is 44.7 Å². The summed E-state index contributed by atoms with van der Waals surface area (Å²) < 4.78 is 5.32. The molecule has 0 radical (unpaired) electrons. The van der Waals surface area contributed by atoms with Crippen molar-refractivity contribution >= 4 is 11.8 Å². The van der Waals surface area contributed by atoms with E-state index in [9.17, 15) is 0 Å². The van der Waals surface area contributed by atoms with E-state index in [0.29, 0.717) is 12.6 Å². The van der Waals surface area contributed by atoms with E-state index in [0.717, 1.165) is 62.1 Å². The number of nitrogens with one attached hydrogen (secondary N) is 2. The number of nitrogens with zero attached hydrogens (tertiary/aromatic N) is 4. The molecule has 1 aliphatic heterocycles. The number of guanidine groups is 1. The molecule has 7 heteroatoms. The quantitative estimate of drug-likeness (QED) is 0.601. The normalized spacial score (nSPS) is 15.8. The summed E-state index contributed by atoms with van der Waals surface area (Å²) in [5.74, 6) is 2.69. The third-order valence-corrected chi connectivity index (χ3v) is 4.76. The summed E-state index contributed by atoms with van der Waals surface area (Å²) in [4.78, 5) is 11.5. The molecule has 0 aromatic carbocycles. The van der Waals surface area contributed by atoms with E-state index in [2.05, 4.69) is 63.6 Å². The number of rotatable bonds is 6. The first-order valence-electron chi connectivity index (χ1n) is 9.84. The summed E-state index contributed by atoms with van der Waals surface area (Å²) in [7, 11) is 0. The van der Waals surface area contributed by atoms with Gasteiger partial charge in [0.05, 0.1) is 5.69 Å². The number of pyridine rings is 1. The van der Waals surface area contributed by atoms with Crippen molar-refractivity contribution in [3.8, 4) is 0 Å². The smallest absolute Gasteiger partial charge is 0.191 e. The van der Waals surface area contributed by atoms with Crippen LogP contribution in [0, 0.1) is 6.92 Å². The third kappa shape index (κ3) is 5.45. The van der Waals surface area contributed by atoms with Gasteiger partial charge in [-0.1, -0.05) is 18.1 Å². The molecular weight excluding hydrogens is 340 g/mol. The zero-order valence-electron chi connectivity index (χ0n) is 16.5. The molecule has 1 aliphatic rings. The van der Waals surface area contributed by atoms with E-state index in [-0.39, 0.29) is 0 Å². The predicted octanol–water partition coefficient (Wildman–Crippen LogP) is 2.66. The monoisotopic (exact) mass is 370 g/mol. The van der Waals surface area contributed by atoms with Gasteiger partial charge >= 0.3 is 0 Å². The van der Waals surface area contributed by atoms with Gasteiger partial charge in [0.15, 0.2) is 11.7 Å². The number of aryl methyl sites for hydroxylation is 2. The minimum absolute atomic E-state index is 0.408. The van der Waals surface area contributed by atoms with Gasteiger partial charge in [-0.25, -0.2) is 9.98 Å². The van der Waals surface area contributed by atoms with Crippen LogP contribution >= 0.6 is 0 Å². The van der Waals surface area contributed by atoms with Crippen molar-refractivity contribution in [2.24, 2.45) is 4.99 Å². The van der Waals surface area contributed by atoms with Crippen LogP contribution in [0.15, 0.2) is 33.9 Å². The van der Waals surface area contributed by atoms with Gasteiger partial charge in [0.25, 0.3) is 0 Å². The molecule has 2 N–H and O–H groups in total. The highest BCUT2D eigenvalue weighted by Crippen LogP contribution is 2.18. The number of aliphatic imine (C=N–C) groups is 1. The van der Waals surface area contributed by atoms with Crippen molar-refractivity contribution in [2.45, 2.75) is 52.6 Å². The van der Waals surface area contributed by atoms with Crippen LogP contribution in [0.5, 0.6) is 0 Å².